The molecule has 6 heteroatoms. The van der Waals surface area contributed by atoms with Crippen molar-refractivity contribution in [2.24, 2.45) is 0 Å². The number of aromatic nitrogens is 4. The van der Waals surface area contributed by atoms with Crippen LogP contribution in [0.3, 0.4) is 0 Å². The Morgan fingerprint density at radius 2 is 2.09 bits per heavy atom. The second kappa shape index (κ2) is 7.33. The van der Waals surface area contributed by atoms with Crippen molar-refractivity contribution in [1.82, 2.24) is 24.5 Å². The minimum Gasteiger partial charge on any atom is -0.343 e. The summed E-state index contributed by atoms with van der Waals surface area (Å²) in [6.07, 6.45) is 4.88. The van der Waals surface area contributed by atoms with E-state index in [1.165, 1.54) is 6.33 Å². The Labute approximate surface area is 131 Å². The number of carbonyl (C=O) groups is 1. The second-order valence-corrected chi connectivity index (χ2v) is 5.56. The minimum atomic E-state index is 0.216. The van der Waals surface area contributed by atoms with Gasteiger partial charge in [0.1, 0.15) is 6.33 Å². The lowest BCUT2D eigenvalue weighted by Gasteiger charge is -2.21. The van der Waals surface area contributed by atoms with Gasteiger partial charge in [0, 0.05) is 30.9 Å². The first-order valence-electron chi connectivity index (χ1n) is 8.02. The molecule has 22 heavy (non-hydrogen) atoms. The molecule has 0 saturated carbocycles. The first kappa shape index (κ1) is 16.4. The summed E-state index contributed by atoms with van der Waals surface area (Å²) in [6.45, 7) is 9.78. The summed E-state index contributed by atoms with van der Waals surface area (Å²) in [4.78, 5) is 22.9. The van der Waals surface area contributed by atoms with E-state index in [2.05, 4.69) is 22.0 Å². The van der Waals surface area contributed by atoms with Crippen LogP contribution < -0.4 is 0 Å². The average molecular weight is 303 g/mol. The van der Waals surface area contributed by atoms with Gasteiger partial charge in [0.05, 0.1) is 0 Å². The van der Waals surface area contributed by atoms with Gasteiger partial charge in [0.25, 0.3) is 5.78 Å². The lowest BCUT2D eigenvalue weighted by atomic mass is 10.1. The molecule has 1 amide bonds. The summed E-state index contributed by atoms with van der Waals surface area (Å²) in [5.74, 6) is 0.830. The molecular formula is C16H25N5O. The molecule has 0 unspecified atom stereocenters. The van der Waals surface area contributed by atoms with E-state index in [1.807, 2.05) is 25.7 Å². The Bertz CT molecular complexity index is 649. The van der Waals surface area contributed by atoms with Crippen LogP contribution in [0.5, 0.6) is 0 Å². The zero-order chi connectivity index (χ0) is 16.1. The molecule has 2 aromatic heterocycles. The maximum Gasteiger partial charge on any atom is 0.252 e. The molecule has 0 bridgehead atoms. The molecule has 0 aliphatic heterocycles. The van der Waals surface area contributed by atoms with Gasteiger partial charge in [0.15, 0.2) is 0 Å². The van der Waals surface area contributed by atoms with E-state index < -0.39 is 0 Å². The zero-order valence-electron chi connectivity index (χ0n) is 14.0. The highest BCUT2D eigenvalue weighted by atomic mass is 16.2. The maximum absolute atomic E-state index is 12.4. The predicted molar refractivity (Wildman–Crippen MR) is 85.7 cm³/mol. The Balaban J connectivity index is 2.09. The molecule has 0 aromatic carbocycles. The van der Waals surface area contributed by atoms with Gasteiger partial charge in [-0.1, -0.05) is 13.3 Å². The van der Waals surface area contributed by atoms with E-state index in [0.717, 1.165) is 42.9 Å². The van der Waals surface area contributed by atoms with Crippen molar-refractivity contribution in [3.05, 3.63) is 23.3 Å². The van der Waals surface area contributed by atoms with Crippen molar-refractivity contribution in [3.63, 3.8) is 0 Å². The van der Waals surface area contributed by atoms with Crippen LogP contribution in [0.4, 0.5) is 0 Å². The first-order chi connectivity index (χ1) is 10.6. The van der Waals surface area contributed by atoms with Crippen LogP contribution >= 0.6 is 0 Å². The smallest absolute Gasteiger partial charge is 0.252 e. The summed E-state index contributed by atoms with van der Waals surface area (Å²) in [7, 11) is 0. The van der Waals surface area contributed by atoms with Gasteiger partial charge >= 0.3 is 0 Å². The van der Waals surface area contributed by atoms with Gasteiger partial charge in [0.2, 0.25) is 5.91 Å². The molecule has 0 radical (unpaired) electrons. The molecule has 0 aliphatic rings. The van der Waals surface area contributed by atoms with Gasteiger partial charge in [-0.25, -0.2) is 9.50 Å². The fourth-order valence-electron chi connectivity index (χ4n) is 2.72. The van der Waals surface area contributed by atoms with E-state index in [0.29, 0.717) is 18.6 Å². The predicted octanol–water partition coefficient (Wildman–Crippen LogP) is 2.32. The van der Waals surface area contributed by atoms with Crippen molar-refractivity contribution >= 4 is 11.7 Å². The standard InChI is InChI=1S/C16H25N5O/c1-5-7-10-20(6-2)15(22)9-8-14-12(3)19-16-17-11-18-21(16)13(14)4/h11H,5-10H2,1-4H3. The second-order valence-electron chi connectivity index (χ2n) is 5.56. The topological polar surface area (TPSA) is 63.4 Å². The minimum absolute atomic E-state index is 0.216. The average Bonchev–Trinajstić information content (AvgIpc) is 2.96. The summed E-state index contributed by atoms with van der Waals surface area (Å²) in [5, 5.41) is 4.19. The van der Waals surface area contributed by atoms with Crippen molar-refractivity contribution in [2.75, 3.05) is 13.1 Å². The Hall–Kier alpha value is -1.98. The largest absolute Gasteiger partial charge is 0.343 e. The monoisotopic (exact) mass is 303 g/mol. The lowest BCUT2D eigenvalue weighted by Crippen LogP contribution is -2.32. The normalized spacial score (nSPS) is 11.1. The van der Waals surface area contributed by atoms with E-state index in [4.69, 9.17) is 0 Å². The summed E-state index contributed by atoms with van der Waals surface area (Å²) >= 11 is 0. The van der Waals surface area contributed by atoms with E-state index >= 15 is 0 Å². The van der Waals surface area contributed by atoms with E-state index in [-0.39, 0.29) is 5.91 Å². The highest BCUT2D eigenvalue weighted by molar-refractivity contribution is 5.76. The van der Waals surface area contributed by atoms with Crippen LogP contribution in [0.15, 0.2) is 6.33 Å². The third-order valence-corrected chi connectivity index (χ3v) is 4.09. The molecule has 0 spiro atoms. The highest BCUT2D eigenvalue weighted by Crippen LogP contribution is 2.15. The fraction of sp³-hybridized carbons (Fsp3) is 0.625. The van der Waals surface area contributed by atoms with Gasteiger partial charge in [-0.15, -0.1) is 0 Å². The number of hydrogen-bond donors (Lipinski definition) is 0. The van der Waals surface area contributed by atoms with Crippen LogP contribution in [0, 0.1) is 13.8 Å². The van der Waals surface area contributed by atoms with Crippen molar-refractivity contribution in [3.8, 4) is 0 Å². The molecular weight excluding hydrogens is 278 g/mol. The van der Waals surface area contributed by atoms with Gasteiger partial charge < -0.3 is 4.90 Å². The SMILES string of the molecule is CCCCN(CC)C(=O)CCc1c(C)nc2ncnn2c1C. The summed E-state index contributed by atoms with van der Waals surface area (Å²) in [6, 6.07) is 0. The highest BCUT2D eigenvalue weighted by Gasteiger charge is 2.15. The molecule has 0 atom stereocenters. The third kappa shape index (κ3) is 3.43. The number of hydrogen-bond acceptors (Lipinski definition) is 4. The summed E-state index contributed by atoms with van der Waals surface area (Å²) < 4.78 is 1.74. The molecule has 2 rings (SSSR count). The number of fused-ring (bicyclic) bond motifs is 1. The van der Waals surface area contributed by atoms with Crippen LogP contribution in [0.25, 0.3) is 5.78 Å². The Kier molecular flexibility index (Phi) is 5.46. The zero-order valence-corrected chi connectivity index (χ0v) is 14.0. The molecule has 120 valence electrons. The number of rotatable bonds is 7. The number of carbonyl (C=O) groups excluding carboxylic acids is 1. The molecule has 2 heterocycles. The lowest BCUT2D eigenvalue weighted by molar-refractivity contribution is -0.131. The molecule has 0 saturated heterocycles. The van der Waals surface area contributed by atoms with Crippen LogP contribution in [-0.4, -0.2) is 43.5 Å². The molecule has 0 N–H and O–H groups in total. The van der Waals surface area contributed by atoms with Crippen molar-refractivity contribution in [2.45, 2.75) is 53.4 Å². The number of nitrogens with zero attached hydrogens (tertiary/aromatic N) is 5. The Morgan fingerprint density at radius 1 is 1.32 bits per heavy atom. The third-order valence-electron chi connectivity index (χ3n) is 4.09. The molecule has 2 aromatic rings. The van der Waals surface area contributed by atoms with Crippen molar-refractivity contribution in [1.29, 1.82) is 0 Å². The van der Waals surface area contributed by atoms with Crippen molar-refractivity contribution < 1.29 is 4.79 Å². The van der Waals surface area contributed by atoms with Crippen LogP contribution in [0.1, 0.15) is 50.1 Å². The maximum atomic E-state index is 12.4. The van der Waals surface area contributed by atoms with Crippen LogP contribution in [-0.2, 0) is 11.2 Å². The van der Waals surface area contributed by atoms with E-state index in [9.17, 15) is 4.79 Å². The Morgan fingerprint density at radius 3 is 2.77 bits per heavy atom. The van der Waals surface area contributed by atoms with Crippen LogP contribution in [0.2, 0.25) is 0 Å². The van der Waals surface area contributed by atoms with Gasteiger partial charge in [-0.3, -0.25) is 4.79 Å². The number of aryl methyl sites for hydroxylation is 2. The van der Waals surface area contributed by atoms with E-state index in [1.54, 1.807) is 4.52 Å². The first-order valence-corrected chi connectivity index (χ1v) is 8.02. The van der Waals surface area contributed by atoms with Gasteiger partial charge in [-0.05, 0) is 39.2 Å². The number of unbranched alkanes of at least 4 members (excludes halogenated alkanes) is 1. The quantitative estimate of drug-likeness (QED) is 0.787. The summed E-state index contributed by atoms with van der Waals surface area (Å²) in [5.41, 5.74) is 3.05. The molecule has 6 nitrogen and oxygen atoms in total. The molecule has 0 fully saturated rings. The number of amides is 1. The molecule has 0 aliphatic carbocycles. The fourth-order valence-corrected chi connectivity index (χ4v) is 2.72. The van der Waals surface area contributed by atoms with Gasteiger partial charge in [-0.2, -0.15) is 10.1 Å².